The molecule has 4 nitrogen and oxygen atoms in total. The van der Waals surface area contributed by atoms with Gasteiger partial charge in [-0.2, -0.15) is 0 Å². The molecule has 47 heavy (non-hydrogen) atoms. The molecular formula is C43H36N4. The van der Waals surface area contributed by atoms with E-state index >= 15 is 0 Å². The Morgan fingerprint density at radius 3 is 1.72 bits per heavy atom. The average molecular weight is 609 g/mol. The third kappa shape index (κ3) is 3.56. The fourth-order valence-corrected chi connectivity index (χ4v) is 7.94. The summed E-state index contributed by atoms with van der Waals surface area (Å²) in [5.74, 6) is 0.959. The maximum absolute atomic E-state index is 5.21. The van der Waals surface area contributed by atoms with Crippen molar-refractivity contribution in [3.05, 3.63) is 120 Å². The molecule has 10 aromatic rings. The van der Waals surface area contributed by atoms with Crippen LogP contribution in [-0.4, -0.2) is 18.4 Å². The second-order valence-corrected chi connectivity index (χ2v) is 15.4. The highest BCUT2D eigenvalue weighted by atomic mass is 15.2. The highest BCUT2D eigenvalue weighted by Crippen LogP contribution is 2.42. The summed E-state index contributed by atoms with van der Waals surface area (Å²) in [5.41, 5.74) is 12.2. The lowest BCUT2D eigenvalue weighted by Gasteiger charge is -2.19. The zero-order valence-corrected chi connectivity index (χ0v) is 27.7. The highest BCUT2D eigenvalue weighted by Gasteiger charge is 2.25. The first-order valence-corrected chi connectivity index (χ1v) is 16.6. The number of hydrogen-bond acceptors (Lipinski definition) is 1. The molecule has 4 heteroatoms. The summed E-state index contributed by atoms with van der Waals surface area (Å²) < 4.78 is 7.23. The van der Waals surface area contributed by atoms with Crippen molar-refractivity contribution >= 4 is 76.7 Å². The molecule has 10 rings (SSSR count). The molecule has 6 aromatic carbocycles. The van der Waals surface area contributed by atoms with Crippen molar-refractivity contribution in [3.63, 3.8) is 0 Å². The maximum atomic E-state index is 5.21. The number of para-hydroxylation sites is 2. The molecule has 0 aliphatic heterocycles. The summed E-state index contributed by atoms with van der Waals surface area (Å²) in [6, 6.07) is 40.9. The maximum Gasteiger partial charge on any atom is 0.220 e. The standard InChI is InChI=1S/C43H36N4/c1-42(2,3)27-15-17-35-31(21-27)32-22-28(43(4,5)6)16-18-36(32)45(35)29-23-33-30-19-25-11-7-8-12-26(25)20-38(30)47-40(33)39(24-29)46-37-14-10-9-13-34(37)44-41(46)47/h7-24H,1-6H3. The topological polar surface area (TPSA) is 26.6 Å². The molecule has 4 heterocycles. The minimum atomic E-state index is 0.0541. The van der Waals surface area contributed by atoms with Crippen molar-refractivity contribution < 1.29 is 0 Å². The first kappa shape index (κ1) is 26.8. The van der Waals surface area contributed by atoms with E-state index in [0.29, 0.717) is 0 Å². The number of fused-ring (bicyclic) bond motifs is 12. The summed E-state index contributed by atoms with van der Waals surface area (Å²) in [7, 11) is 0. The SMILES string of the molecule is CC(C)(C)c1ccc2c(c1)c1cc(C(C)(C)C)ccc1n2-c1cc2c3cc4ccccc4cc3n3c2c(c1)n1c2ccccc2nc13. The van der Waals surface area contributed by atoms with Crippen LogP contribution in [0.3, 0.4) is 0 Å². The van der Waals surface area contributed by atoms with Crippen LogP contribution in [0.2, 0.25) is 0 Å². The normalized spacial score (nSPS) is 13.3. The molecule has 0 fully saturated rings. The molecular weight excluding hydrogens is 573 g/mol. The number of hydrogen-bond donors (Lipinski definition) is 0. The average Bonchev–Trinajstić information content (AvgIpc) is 3.76. The summed E-state index contributed by atoms with van der Waals surface area (Å²) in [5, 5.41) is 7.60. The lowest BCUT2D eigenvalue weighted by atomic mass is 9.85. The fraction of sp³-hybridized carbons (Fsp3) is 0.186. The predicted molar refractivity (Wildman–Crippen MR) is 199 cm³/mol. The van der Waals surface area contributed by atoms with E-state index in [-0.39, 0.29) is 10.8 Å². The van der Waals surface area contributed by atoms with E-state index in [0.717, 1.165) is 22.5 Å². The third-order valence-electron chi connectivity index (χ3n) is 10.4. The van der Waals surface area contributed by atoms with E-state index < -0.39 is 0 Å². The van der Waals surface area contributed by atoms with Crippen LogP contribution >= 0.6 is 0 Å². The molecule has 0 unspecified atom stereocenters. The van der Waals surface area contributed by atoms with Gasteiger partial charge in [-0.1, -0.05) is 90.1 Å². The largest absolute Gasteiger partial charge is 0.309 e. The predicted octanol–water partition coefficient (Wildman–Crippen LogP) is 11.3. The summed E-state index contributed by atoms with van der Waals surface area (Å²) in [6.45, 7) is 13.8. The van der Waals surface area contributed by atoms with Gasteiger partial charge in [0.25, 0.3) is 0 Å². The van der Waals surface area contributed by atoms with Crippen molar-refractivity contribution in [1.29, 1.82) is 0 Å². The zero-order chi connectivity index (χ0) is 32.0. The Hall–Kier alpha value is -5.35. The number of imidazole rings is 2. The first-order valence-electron chi connectivity index (χ1n) is 16.6. The molecule has 0 spiro atoms. The van der Waals surface area contributed by atoms with Gasteiger partial charge >= 0.3 is 0 Å². The fourth-order valence-electron chi connectivity index (χ4n) is 7.94. The van der Waals surface area contributed by atoms with Gasteiger partial charge in [0, 0.05) is 27.2 Å². The van der Waals surface area contributed by atoms with Gasteiger partial charge in [0.1, 0.15) is 0 Å². The Labute approximate surface area is 272 Å². The molecule has 0 bridgehead atoms. The Morgan fingerprint density at radius 1 is 0.468 bits per heavy atom. The highest BCUT2D eigenvalue weighted by molar-refractivity contribution is 6.20. The number of benzene rings is 6. The minimum Gasteiger partial charge on any atom is -0.309 e. The third-order valence-corrected chi connectivity index (χ3v) is 10.4. The van der Waals surface area contributed by atoms with Crippen LogP contribution in [0.4, 0.5) is 0 Å². The van der Waals surface area contributed by atoms with Gasteiger partial charge in [-0.05, 0) is 93.4 Å². The summed E-state index contributed by atoms with van der Waals surface area (Å²) >= 11 is 0. The lowest BCUT2D eigenvalue weighted by Crippen LogP contribution is -2.10. The molecule has 0 atom stereocenters. The van der Waals surface area contributed by atoms with Crippen LogP contribution in [-0.2, 0) is 10.8 Å². The van der Waals surface area contributed by atoms with E-state index in [1.165, 1.54) is 71.0 Å². The van der Waals surface area contributed by atoms with Gasteiger partial charge in [0.2, 0.25) is 5.78 Å². The van der Waals surface area contributed by atoms with Gasteiger partial charge in [-0.15, -0.1) is 0 Å². The Morgan fingerprint density at radius 2 is 1.06 bits per heavy atom. The molecule has 0 saturated carbocycles. The molecule has 0 N–H and O–H groups in total. The van der Waals surface area contributed by atoms with Crippen molar-refractivity contribution in [2.45, 2.75) is 52.4 Å². The van der Waals surface area contributed by atoms with E-state index in [1.54, 1.807) is 0 Å². The van der Waals surface area contributed by atoms with E-state index in [4.69, 9.17) is 4.98 Å². The summed E-state index contributed by atoms with van der Waals surface area (Å²) in [6.07, 6.45) is 0. The van der Waals surface area contributed by atoms with Crippen LogP contribution in [0.1, 0.15) is 52.7 Å². The van der Waals surface area contributed by atoms with E-state index in [1.807, 2.05) is 0 Å². The van der Waals surface area contributed by atoms with Gasteiger partial charge in [-0.25, -0.2) is 4.98 Å². The number of nitrogens with zero attached hydrogens (tertiary/aromatic N) is 4. The first-order chi connectivity index (χ1) is 22.6. The smallest absolute Gasteiger partial charge is 0.220 e. The molecule has 0 aliphatic rings. The van der Waals surface area contributed by atoms with Crippen LogP contribution in [0.15, 0.2) is 109 Å². The van der Waals surface area contributed by atoms with Crippen LogP contribution < -0.4 is 0 Å². The van der Waals surface area contributed by atoms with Crippen LogP contribution in [0, 0.1) is 0 Å². The molecule has 0 amide bonds. The molecule has 0 aliphatic carbocycles. The molecule has 4 aromatic heterocycles. The van der Waals surface area contributed by atoms with Gasteiger partial charge in [-0.3, -0.25) is 8.80 Å². The van der Waals surface area contributed by atoms with Gasteiger partial charge in [0.05, 0.1) is 38.6 Å². The number of rotatable bonds is 1. The van der Waals surface area contributed by atoms with Crippen molar-refractivity contribution in [3.8, 4) is 5.69 Å². The summed E-state index contributed by atoms with van der Waals surface area (Å²) in [4.78, 5) is 5.21. The van der Waals surface area contributed by atoms with Gasteiger partial charge in [0.15, 0.2) is 0 Å². The van der Waals surface area contributed by atoms with Gasteiger partial charge < -0.3 is 4.57 Å². The van der Waals surface area contributed by atoms with E-state index in [9.17, 15) is 0 Å². The van der Waals surface area contributed by atoms with Crippen LogP contribution in [0.25, 0.3) is 82.4 Å². The van der Waals surface area contributed by atoms with E-state index in [2.05, 4.69) is 164 Å². The zero-order valence-electron chi connectivity index (χ0n) is 27.7. The van der Waals surface area contributed by atoms with Crippen LogP contribution in [0.5, 0.6) is 0 Å². The molecule has 0 radical (unpaired) electrons. The molecule has 228 valence electrons. The monoisotopic (exact) mass is 608 g/mol. The van der Waals surface area contributed by atoms with Crippen molar-refractivity contribution in [2.24, 2.45) is 0 Å². The lowest BCUT2D eigenvalue weighted by molar-refractivity contribution is 0.590. The quantitative estimate of drug-likeness (QED) is 0.182. The van der Waals surface area contributed by atoms with Crippen molar-refractivity contribution in [2.75, 3.05) is 0 Å². The second kappa shape index (κ2) is 8.71. The number of aromatic nitrogens is 4. The van der Waals surface area contributed by atoms with Crippen molar-refractivity contribution in [1.82, 2.24) is 18.4 Å². The second-order valence-electron chi connectivity index (χ2n) is 15.4. The Kier molecular flexibility index (Phi) is 4.97. The Bertz CT molecular complexity index is 2840. The Balaban J connectivity index is 1.40. The minimum absolute atomic E-state index is 0.0541. The molecule has 0 saturated heterocycles.